The molecule has 2 fully saturated rings. The van der Waals surface area contributed by atoms with E-state index in [2.05, 4.69) is 35.8 Å². The maximum Gasteiger partial charge on any atom is 0.119 e. The van der Waals surface area contributed by atoms with Crippen molar-refractivity contribution in [1.82, 2.24) is 4.90 Å². The Labute approximate surface area is 134 Å². The van der Waals surface area contributed by atoms with Crippen molar-refractivity contribution in [2.75, 3.05) is 51.4 Å². The summed E-state index contributed by atoms with van der Waals surface area (Å²) in [6.07, 6.45) is 1.22. The standard InChI is InChI=1S/C18H28N2O2/c1-18(2)14-19(12-15-8-11-22-13-15)9-10-20(18)16-4-6-17(21-3)7-5-16/h4-7,15H,8-14H2,1-3H3/t15-/m0/s1. The summed E-state index contributed by atoms with van der Waals surface area (Å²) < 4.78 is 10.8. The molecular weight excluding hydrogens is 276 g/mol. The number of ether oxygens (including phenoxy) is 2. The van der Waals surface area contributed by atoms with E-state index < -0.39 is 0 Å². The number of hydrogen-bond acceptors (Lipinski definition) is 4. The van der Waals surface area contributed by atoms with Crippen LogP contribution in [-0.2, 0) is 4.74 Å². The fourth-order valence-electron chi connectivity index (χ4n) is 3.74. The first kappa shape index (κ1) is 15.6. The number of rotatable bonds is 4. The zero-order valence-electron chi connectivity index (χ0n) is 14.0. The second-order valence-electron chi connectivity index (χ2n) is 7.13. The maximum absolute atomic E-state index is 5.51. The lowest BCUT2D eigenvalue weighted by molar-refractivity contribution is 0.140. The minimum atomic E-state index is 0.145. The molecule has 4 heteroatoms. The van der Waals surface area contributed by atoms with Crippen LogP contribution in [0.25, 0.3) is 0 Å². The molecule has 2 saturated heterocycles. The van der Waals surface area contributed by atoms with Crippen molar-refractivity contribution < 1.29 is 9.47 Å². The number of anilines is 1. The average Bonchev–Trinajstić information content (AvgIpc) is 3.00. The maximum atomic E-state index is 5.51. The van der Waals surface area contributed by atoms with Gasteiger partial charge >= 0.3 is 0 Å². The number of nitrogens with zero attached hydrogens (tertiary/aromatic N) is 2. The summed E-state index contributed by atoms with van der Waals surface area (Å²) >= 11 is 0. The Hall–Kier alpha value is -1.26. The van der Waals surface area contributed by atoms with Crippen molar-refractivity contribution >= 4 is 5.69 Å². The Morgan fingerprint density at radius 3 is 2.59 bits per heavy atom. The lowest BCUT2D eigenvalue weighted by Crippen LogP contribution is -2.60. The molecule has 2 heterocycles. The Bertz CT molecular complexity index is 480. The number of hydrogen-bond donors (Lipinski definition) is 0. The Morgan fingerprint density at radius 1 is 1.23 bits per heavy atom. The predicted molar refractivity (Wildman–Crippen MR) is 89.8 cm³/mol. The van der Waals surface area contributed by atoms with E-state index in [4.69, 9.17) is 9.47 Å². The second-order valence-corrected chi connectivity index (χ2v) is 7.13. The van der Waals surface area contributed by atoms with Gasteiger partial charge in [-0.3, -0.25) is 4.90 Å². The summed E-state index contributed by atoms with van der Waals surface area (Å²) in [5, 5.41) is 0. The highest BCUT2D eigenvalue weighted by molar-refractivity contribution is 5.51. The third-order valence-corrected chi connectivity index (χ3v) is 4.91. The van der Waals surface area contributed by atoms with Crippen molar-refractivity contribution in [3.05, 3.63) is 24.3 Å². The Kier molecular flexibility index (Phi) is 4.59. The van der Waals surface area contributed by atoms with Crippen LogP contribution in [0.15, 0.2) is 24.3 Å². The van der Waals surface area contributed by atoms with Gasteiger partial charge < -0.3 is 14.4 Å². The molecular formula is C18H28N2O2. The molecule has 0 aromatic heterocycles. The van der Waals surface area contributed by atoms with E-state index in [9.17, 15) is 0 Å². The van der Waals surface area contributed by atoms with Gasteiger partial charge in [-0.05, 0) is 50.5 Å². The van der Waals surface area contributed by atoms with E-state index in [1.807, 2.05) is 12.1 Å². The van der Waals surface area contributed by atoms with E-state index >= 15 is 0 Å². The molecule has 0 spiro atoms. The zero-order valence-corrected chi connectivity index (χ0v) is 14.0. The van der Waals surface area contributed by atoms with Gasteiger partial charge in [-0.2, -0.15) is 0 Å². The fraction of sp³-hybridized carbons (Fsp3) is 0.667. The normalized spacial score (nSPS) is 25.4. The largest absolute Gasteiger partial charge is 0.497 e. The first-order chi connectivity index (χ1) is 10.6. The van der Waals surface area contributed by atoms with Crippen LogP contribution in [-0.4, -0.2) is 56.9 Å². The minimum Gasteiger partial charge on any atom is -0.497 e. The molecule has 1 atom stereocenters. The summed E-state index contributed by atoms with van der Waals surface area (Å²) in [5.41, 5.74) is 1.43. The first-order valence-electron chi connectivity index (χ1n) is 8.30. The van der Waals surface area contributed by atoms with Gasteiger partial charge in [0.2, 0.25) is 0 Å². The Morgan fingerprint density at radius 2 is 2.00 bits per heavy atom. The van der Waals surface area contributed by atoms with Gasteiger partial charge in [0.1, 0.15) is 5.75 Å². The van der Waals surface area contributed by atoms with Crippen molar-refractivity contribution in [2.24, 2.45) is 5.92 Å². The van der Waals surface area contributed by atoms with Gasteiger partial charge in [-0.25, -0.2) is 0 Å². The molecule has 4 nitrogen and oxygen atoms in total. The molecule has 1 aromatic carbocycles. The molecule has 2 aliphatic heterocycles. The highest BCUT2D eigenvalue weighted by Gasteiger charge is 2.34. The van der Waals surface area contributed by atoms with Crippen LogP contribution < -0.4 is 9.64 Å². The van der Waals surface area contributed by atoms with Crippen LogP contribution in [0.3, 0.4) is 0 Å². The van der Waals surface area contributed by atoms with E-state index in [0.29, 0.717) is 0 Å². The molecule has 0 unspecified atom stereocenters. The molecule has 22 heavy (non-hydrogen) atoms. The second kappa shape index (κ2) is 6.47. The molecule has 0 N–H and O–H groups in total. The summed E-state index contributed by atoms with van der Waals surface area (Å²) in [6.45, 7) is 11.1. The summed E-state index contributed by atoms with van der Waals surface area (Å²) in [5.74, 6) is 1.64. The number of piperazine rings is 1. The molecule has 0 saturated carbocycles. The van der Waals surface area contributed by atoms with Crippen LogP contribution >= 0.6 is 0 Å². The number of benzene rings is 1. The minimum absolute atomic E-state index is 0.145. The highest BCUT2D eigenvalue weighted by Crippen LogP contribution is 2.30. The molecule has 0 aliphatic carbocycles. The van der Waals surface area contributed by atoms with Gasteiger partial charge in [-0.1, -0.05) is 0 Å². The van der Waals surface area contributed by atoms with Gasteiger partial charge in [-0.15, -0.1) is 0 Å². The van der Waals surface area contributed by atoms with Crippen molar-refractivity contribution in [2.45, 2.75) is 25.8 Å². The van der Waals surface area contributed by atoms with E-state index in [-0.39, 0.29) is 5.54 Å². The Balaban J connectivity index is 1.64. The van der Waals surface area contributed by atoms with Crippen molar-refractivity contribution in [3.8, 4) is 5.75 Å². The van der Waals surface area contributed by atoms with Crippen LogP contribution in [0, 0.1) is 5.92 Å². The van der Waals surface area contributed by atoms with Gasteiger partial charge in [0, 0.05) is 44.0 Å². The highest BCUT2D eigenvalue weighted by atomic mass is 16.5. The molecule has 2 aliphatic rings. The van der Waals surface area contributed by atoms with Crippen LogP contribution in [0.1, 0.15) is 20.3 Å². The number of methoxy groups -OCH3 is 1. The monoisotopic (exact) mass is 304 g/mol. The summed E-state index contributed by atoms with van der Waals surface area (Å²) in [7, 11) is 1.71. The third-order valence-electron chi connectivity index (χ3n) is 4.91. The topological polar surface area (TPSA) is 24.9 Å². The van der Waals surface area contributed by atoms with Crippen LogP contribution in [0.5, 0.6) is 5.75 Å². The SMILES string of the molecule is COc1ccc(N2CCN(C[C@@H]3CCOC3)CC2(C)C)cc1. The van der Waals surface area contributed by atoms with E-state index in [1.165, 1.54) is 18.7 Å². The summed E-state index contributed by atoms with van der Waals surface area (Å²) in [6, 6.07) is 8.43. The first-order valence-corrected chi connectivity index (χ1v) is 8.30. The smallest absolute Gasteiger partial charge is 0.119 e. The van der Waals surface area contributed by atoms with Crippen molar-refractivity contribution in [3.63, 3.8) is 0 Å². The lowest BCUT2D eigenvalue weighted by Gasteiger charge is -2.49. The van der Waals surface area contributed by atoms with E-state index in [0.717, 1.165) is 44.5 Å². The van der Waals surface area contributed by atoms with E-state index in [1.54, 1.807) is 7.11 Å². The lowest BCUT2D eigenvalue weighted by atomic mass is 9.96. The van der Waals surface area contributed by atoms with Gasteiger partial charge in [0.25, 0.3) is 0 Å². The summed E-state index contributed by atoms with van der Waals surface area (Å²) in [4.78, 5) is 5.13. The van der Waals surface area contributed by atoms with Gasteiger partial charge in [0.05, 0.1) is 13.7 Å². The molecule has 0 radical (unpaired) electrons. The van der Waals surface area contributed by atoms with Crippen molar-refractivity contribution in [1.29, 1.82) is 0 Å². The average molecular weight is 304 g/mol. The fourth-order valence-corrected chi connectivity index (χ4v) is 3.74. The molecule has 1 aromatic rings. The zero-order chi connectivity index (χ0) is 15.6. The van der Waals surface area contributed by atoms with Gasteiger partial charge in [0.15, 0.2) is 0 Å². The molecule has 122 valence electrons. The quantitative estimate of drug-likeness (QED) is 0.854. The third kappa shape index (κ3) is 3.39. The van der Waals surface area contributed by atoms with Crippen LogP contribution in [0.2, 0.25) is 0 Å². The van der Waals surface area contributed by atoms with Crippen LogP contribution in [0.4, 0.5) is 5.69 Å². The molecule has 0 amide bonds. The molecule has 3 rings (SSSR count). The molecule has 0 bridgehead atoms. The predicted octanol–water partition coefficient (Wildman–Crippen LogP) is 2.63.